The van der Waals surface area contributed by atoms with Crippen LogP contribution in [0.1, 0.15) is 50.2 Å². The van der Waals surface area contributed by atoms with Crippen molar-refractivity contribution in [3.8, 4) is 0 Å². The molecule has 2 fully saturated rings. The number of carbonyl (C=O) groups is 1. The first-order valence-electron chi connectivity index (χ1n) is 8.77. The van der Waals surface area contributed by atoms with Crippen molar-refractivity contribution in [2.24, 2.45) is 0 Å². The maximum Gasteiger partial charge on any atom is 0.237 e. The highest BCUT2D eigenvalue weighted by Gasteiger charge is 2.33. The topological polar surface area (TPSA) is 72.3 Å². The zero-order chi connectivity index (χ0) is 15.8. The molecule has 0 bridgehead atoms. The lowest BCUT2D eigenvalue weighted by Crippen LogP contribution is -2.49. The standard InChI is InChI=1S/C16H25N5O2/c1-11(16(22)17-9-13-3-2-8-23-13)20-6-7-21-14(10-20)18-19-15(21)12-4-5-12/h11-13H,2-10H2,1H3,(H,17,22)/t11-,13-/m0/s1. The number of nitrogens with zero attached hydrogens (tertiary/aromatic N) is 4. The Hall–Kier alpha value is -1.47. The van der Waals surface area contributed by atoms with Crippen LogP contribution in [-0.4, -0.2) is 57.4 Å². The van der Waals surface area contributed by atoms with Gasteiger partial charge in [0.15, 0.2) is 0 Å². The molecule has 3 heterocycles. The Morgan fingerprint density at radius 3 is 2.96 bits per heavy atom. The minimum Gasteiger partial charge on any atom is -0.376 e. The summed E-state index contributed by atoms with van der Waals surface area (Å²) >= 11 is 0. The molecule has 126 valence electrons. The Bertz CT molecular complexity index is 577. The van der Waals surface area contributed by atoms with Crippen molar-refractivity contribution in [2.75, 3.05) is 19.7 Å². The van der Waals surface area contributed by atoms with Crippen LogP contribution in [0.25, 0.3) is 0 Å². The largest absolute Gasteiger partial charge is 0.376 e. The average molecular weight is 319 g/mol. The Balaban J connectivity index is 1.33. The van der Waals surface area contributed by atoms with Crippen molar-refractivity contribution < 1.29 is 9.53 Å². The molecule has 0 aromatic carbocycles. The minimum atomic E-state index is -0.147. The van der Waals surface area contributed by atoms with E-state index in [-0.39, 0.29) is 18.1 Å². The molecule has 4 rings (SSSR count). The van der Waals surface area contributed by atoms with E-state index in [1.54, 1.807) is 0 Å². The number of carbonyl (C=O) groups excluding carboxylic acids is 1. The molecule has 1 saturated carbocycles. The summed E-state index contributed by atoms with van der Waals surface area (Å²) in [5.74, 6) is 2.85. The fourth-order valence-electron chi connectivity index (χ4n) is 3.51. The second-order valence-electron chi connectivity index (χ2n) is 6.93. The number of nitrogens with one attached hydrogen (secondary N) is 1. The average Bonchev–Trinajstić information content (AvgIpc) is 3.12. The van der Waals surface area contributed by atoms with Crippen molar-refractivity contribution in [1.82, 2.24) is 25.0 Å². The first-order valence-corrected chi connectivity index (χ1v) is 8.77. The number of hydrogen-bond donors (Lipinski definition) is 1. The van der Waals surface area contributed by atoms with Crippen molar-refractivity contribution in [2.45, 2.75) is 63.8 Å². The Morgan fingerprint density at radius 2 is 2.22 bits per heavy atom. The number of rotatable bonds is 5. The summed E-state index contributed by atoms with van der Waals surface area (Å²) in [5, 5.41) is 11.7. The van der Waals surface area contributed by atoms with Gasteiger partial charge in [-0.15, -0.1) is 10.2 Å². The summed E-state index contributed by atoms with van der Waals surface area (Å²) in [7, 11) is 0. The molecule has 1 aliphatic carbocycles. The highest BCUT2D eigenvalue weighted by molar-refractivity contribution is 5.81. The van der Waals surface area contributed by atoms with E-state index in [0.29, 0.717) is 19.0 Å². The van der Waals surface area contributed by atoms with Gasteiger partial charge < -0.3 is 14.6 Å². The van der Waals surface area contributed by atoms with Gasteiger partial charge in [0.1, 0.15) is 11.6 Å². The van der Waals surface area contributed by atoms with Gasteiger partial charge in [-0.05, 0) is 32.6 Å². The van der Waals surface area contributed by atoms with Crippen LogP contribution in [-0.2, 0) is 22.6 Å². The van der Waals surface area contributed by atoms with Gasteiger partial charge in [0.2, 0.25) is 5.91 Å². The lowest BCUT2D eigenvalue weighted by Gasteiger charge is -2.32. The van der Waals surface area contributed by atoms with Gasteiger partial charge >= 0.3 is 0 Å². The summed E-state index contributed by atoms with van der Waals surface area (Å²) < 4.78 is 7.81. The van der Waals surface area contributed by atoms with E-state index < -0.39 is 0 Å². The van der Waals surface area contributed by atoms with Crippen molar-refractivity contribution >= 4 is 5.91 Å². The van der Waals surface area contributed by atoms with Gasteiger partial charge in [0, 0.05) is 32.2 Å². The maximum absolute atomic E-state index is 12.4. The molecule has 2 aliphatic heterocycles. The van der Waals surface area contributed by atoms with Crippen LogP contribution < -0.4 is 5.32 Å². The van der Waals surface area contributed by atoms with E-state index in [4.69, 9.17) is 4.74 Å². The molecule has 1 N–H and O–H groups in total. The van der Waals surface area contributed by atoms with Crippen LogP contribution in [0.3, 0.4) is 0 Å². The van der Waals surface area contributed by atoms with E-state index >= 15 is 0 Å². The van der Waals surface area contributed by atoms with Gasteiger partial charge in [-0.3, -0.25) is 9.69 Å². The normalized spacial score (nSPS) is 26.0. The lowest BCUT2D eigenvalue weighted by molar-refractivity contribution is -0.127. The second kappa shape index (κ2) is 6.20. The van der Waals surface area contributed by atoms with Crippen LogP contribution >= 0.6 is 0 Å². The highest BCUT2D eigenvalue weighted by atomic mass is 16.5. The van der Waals surface area contributed by atoms with Gasteiger partial charge in [0.25, 0.3) is 0 Å². The molecule has 2 atom stereocenters. The third-order valence-corrected chi connectivity index (χ3v) is 5.21. The summed E-state index contributed by atoms with van der Waals surface area (Å²) in [4.78, 5) is 14.6. The molecule has 1 aromatic heterocycles. The fourth-order valence-corrected chi connectivity index (χ4v) is 3.51. The van der Waals surface area contributed by atoms with Crippen molar-refractivity contribution in [3.05, 3.63) is 11.6 Å². The molecule has 0 unspecified atom stereocenters. The second-order valence-corrected chi connectivity index (χ2v) is 6.93. The summed E-state index contributed by atoms with van der Waals surface area (Å²) in [6, 6.07) is -0.147. The fraction of sp³-hybridized carbons (Fsp3) is 0.812. The van der Waals surface area contributed by atoms with E-state index in [1.165, 1.54) is 12.8 Å². The third-order valence-electron chi connectivity index (χ3n) is 5.21. The van der Waals surface area contributed by atoms with Gasteiger partial charge in [-0.2, -0.15) is 0 Å². The Kier molecular flexibility index (Phi) is 4.07. The van der Waals surface area contributed by atoms with Gasteiger partial charge in [-0.25, -0.2) is 0 Å². The molecule has 0 radical (unpaired) electrons. The predicted octanol–water partition coefficient (Wildman–Crippen LogP) is 0.655. The molecule has 1 aromatic rings. The Morgan fingerprint density at radius 1 is 1.35 bits per heavy atom. The number of ether oxygens (including phenoxy) is 1. The Labute approximate surface area is 136 Å². The summed E-state index contributed by atoms with van der Waals surface area (Å²) in [6.45, 7) is 5.88. The van der Waals surface area contributed by atoms with Crippen LogP contribution in [0.2, 0.25) is 0 Å². The monoisotopic (exact) mass is 319 g/mol. The molecule has 1 saturated heterocycles. The number of hydrogen-bond acceptors (Lipinski definition) is 5. The van der Waals surface area contributed by atoms with E-state index in [1.807, 2.05) is 6.92 Å². The summed E-state index contributed by atoms with van der Waals surface area (Å²) in [5.41, 5.74) is 0. The SMILES string of the molecule is C[C@@H](C(=O)NC[C@@H]1CCCO1)N1CCn2c(nnc2C2CC2)C1. The third kappa shape index (κ3) is 3.12. The van der Waals surface area contributed by atoms with E-state index in [2.05, 4.69) is 25.0 Å². The van der Waals surface area contributed by atoms with E-state index in [0.717, 1.165) is 44.2 Å². The number of fused-ring (bicyclic) bond motifs is 1. The molecule has 23 heavy (non-hydrogen) atoms. The van der Waals surface area contributed by atoms with Crippen LogP contribution in [0.15, 0.2) is 0 Å². The van der Waals surface area contributed by atoms with Crippen molar-refractivity contribution in [3.63, 3.8) is 0 Å². The van der Waals surface area contributed by atoms with E-state index in [9.17, 15) is 4.79 Å². The molecule has 0 spiro atoms. The molecular formula is C16H25N5O2. The number of amides is 1. The smallest absolute Gasteiger partial charge is 0.237 e. The van der Waals surface area contributed by atoms with Crippen LogP contribution in [0.5, 0.6) is 0 Å². The molecule has 7 heteroatoms. The minimum absolute atomic E-state index is 0.0795. The zero-order valence-corrected chi connectivity index (χ0v) is 13.7. The molecule has 7 nitrogen and oxygen atoms in total. The van der Waals surface area contributed by atoms with Crippen molar-refractivity contribution in [1.29, 1.82) is 0 Å². The van der Waals surface area contributed by atoms with Crippen LogP contribution in [0, 0.1) is 0 Å². The van der Waals surface area contributed by atoms with Gasteiger partial charge in [-0.1, -0.05) is 0 Å². The number of aromatic nitrogens is 3. The van der Waals surface area contributed by atoms with Gasteiger partial charge in [0.05, 0.1) is 18.7 Å². The summed E-state index contributed by atoms with van der Waals surface area (Å²) in [6.07, 6.45) is 4.82. The molecule has 3 aliphatic rings. The van der Waals surface area contributed by atoms with Crippen LogP contribution in [0.4, 0.5) is 0 Å². The quantitative estimate of drug-likeness (QED) is 0.863. The maximum atomic E-state index is 12.4. The lowest BCUT2D eigenvalue weighted by atomic mass is 10.2. The highest BCUT2D eigenvalue weighted by Crippen LogP contribution is 2.39. The first-order chi connectivity index (χ1) is 11.2. The predicted molar refractivity (Wildman–Crippen MR) is 83.9 cm³/mol. The molecule has 1 amide bonds. The molecular weight excluding hydrogens is 294 g/mol. The first kappa shape index (κ1) is 15.1. The zero-order valence-electron chi connectivity index (χ0n) is 13.7.